The minimum atomic E-state index is 0.882. The molecule has 8 bridgehead atoms. The van der Waals surface area contributed by atoms with Gasteiger partial charge in [-0.05, 0) is 97.4 Å². The van der Waals surface area contributed by atoms with Crippen LogP contribution >= 0.6 is 0 Å². The van der Waals surface area contributed by atoms with Crippen molar-refractivity contribution in [3.05, 3.63) is 125 Å². The number of benzene rings is 1. The van der Waals surface area contributed by atoms with E-state index < -0.39 is 0 Å². The van der Waals surface area contributed by atoms with E-state index in [4.69, 9.17) is 15.0 Å². The molecule has 0 unspecified atom stereocenters. The van der Waals surface area contributed by atoms with Gasteiger partial charge >= 0.3 is 0 Å². The molecule has 0 atom stereocenters. The zero-order valence-electron chi connectivity index (χ0n) is 17.9. The minimum Gasteiger partial charge on any atom is -0.249 e. The van der Waals surface area contributed by atoms with Gasteiger partial charge in [-0.2, -0.15) is 0 Å². The van der Waals surface area contributed by atoms with E-state index in [1.807, 2.05) is 54.7 Å². The maximum Gasteiger partial charge on any atom is 0.0737 e. The Labute approximate surface area is 186 Å². The predicted molar refractivity (Wildman–Crippen MR) is 133 cm³/mol. The molecule has 0 saturated heterocycles. The third-order valence-corrected chi connectivity index (χ3v) is 5.79. The summed E-state index contributed by atoms with van der Waals surface area (Å²) in [6.07, 6.45) is 22.3. The standard InChI is InChI=1S/C28H20N4/c1-17-4-3-5-18(2)28(17)26-15-25-14-23-9-8-21(30-23)12-19-6-7-20(29-19)13-22-10-11-24(31-22)16-27(26)32-25/h3-16H,1-2H3. The summed E-state index contributed by atoms with van der Waals surface area (Å²) in [5, 5.41) is 0. The summed E-state index contributed by atoms with van der Waals surface area (Å²) in [7, 11) is 0. The van der Waals surface area contributed by atoms with Gasteiger partial charge in [0.2, 0.25) is 0 Å². The third-order valence-electron chi connectivity index (χ3n) is 5.79. The summed E-state index contributed by atoms with van der Waals surface area (Å²) in [6, 6.07) is 6.39. The van der Waals surface area contributed by atoms with Gasteiger partial charge in [-0.3, -0.25) is 0 Å². The number of rotatable bonds is 1. The van der Waals surface area contributed by atoms with E-state index in [0.29, 0.717) is 0 Å². The fourth-order valence-corrected chi connectivity index (χ4v) is 4.34. The first-order valence-electron chi connectivity index (χ1n) is 10.7. The first kappa shape index (κ1) is 18.6. The van der Waals surface area contributed by atoms with Crippen LogP contribution in [0.25, 0.3) is 5.57 Å². The van der Waals surface area contributed by atoms with Crippen LogP contribution in [0.4, 0.5) is 0 Å². The van der Waals surface area contributed by atoms with Crippen molar-refractivity contribution in [2.75, 3.05) is 0 Å². The molecule has 6 rings (SSSR count). The maximum atomic E-state index is 4.95. The number of nitrogens with zero attached hydrogens (tertiary/aromatic N) is 4. The molecule has 32 heavy (non-hydrogen) atoms. The summed E-state index contributed by atoms with van der Waals surface area (Å²) in [6.45, 7) is 4.29. The topological polar surface area (TPSA) is 49.4 Å². The van der Waals surface area contributed by atoms with E-state index in [2.05, 4.69) is 49.2 Å². The Bertz CT molecular complexity index is 1430. The number of allylic oxidation sites excluding steroid dienone is 12. The summed E-state index contributed by atoms with van der Waals surface area (Å²) >= 11 is 0. The Morgan fingerprint density at radius 3 is 1.56 bits per heavy atom. The van der Waals surface area contributed by atoms with Gasteiger partial charge in [0.15, 0.2) is 0 Å². The molecule has 0 spiro atoms. The quantitative estimate of drug-likeness (QED) is 0.566. The first-order valence-corrected chi connectivity index (χ1v) is 10.7. The Morgan fingerprint density at radius 2 is 1.00 bits per heavy atom. The van der Waals surface area contributed by atoms with Gasteiger partial charge in [-0.1, -0.05) is 18.2 Å². The highest BCUT2D eigenvalue weighted by atomic mass is 14.8. The number of hydrogen-bond acceptors (Lipinski definition) is 4. The summed E-state index contributed by atoms with van der Waals surface area (Å²) in [5.74, 6) is 0. The molecule has 0 radical (unpaired) electrons. The van der Waals surface area contributed by atoms with Crippen LogP contribution in [0, 0.1) is 13.8 Å². The molecule has 0 fully saturated rings. The van der Waals surface area contributed by atoms with Crippen LogP contribution in [-0.2, 0) is 0 Å². The number of hydrogen-bond donors (Lipinski definition) is 0. The maximum absolute atomic E-state index is 4.95. The lowest BCUT2D eigenvalue weighted by Crippen LogP contribution is -1.95. The van der Waals surface area contributed by atoms with Crippen molar-refractivity contribution in [3.8, 4) is 0 Å². The normalized spacial score (nSPS) is 20.2. The van der Waals surface area contributed by atoms with Gasteiger partial charge in [0, 0.05) is 5.57 Å². The second-order valence-corrected chi connectivity index (χ2v) is 8.21. The Kier molecular flexibility index (Phi) is 4.18. The fourth-order valence-electron chi connectivity index (χ4n) is 4.34. The van der Waals surface area contributed by atoms with E-state index >= 15 is 0 Å². The molecule has 1 aromatic rings. The second kappa shape index (κ2) is 7.20. The highest BCUT2D eigenvalue weighted by molar-refractivity contribution is 6.19. The van der Waals surface area contributed by atoms with Crippen LogP contribution < -0.4 is 0 Å². The molecule has 1 aromatic carbocycles. The molecule has 152 valence electrons. The Hall–Kier alpha value is -4.18. The van der Waals surface area contributed by atoms with Gasteiger partial charge in [-0.25, -0.2) is 20.0 Å². The molecule has 4 nitrogen and oxygen atoms in total. The lowest BCUT2D eigenvalue weighted by Gasteiger charge is -2.11. The predicted octanol–water partition coefficient (Wildman–Crippen LogP) is 5.72. The van der Waals surface area contributed by atoms with Crippen LogP contribution in [0.3, 0.4) is 0 Å². The Morgan fingerprint density at radius 1 is 0.500 bits per heavy atom. The SMILES string of the molecule is Cc1cccc(C)c1C1=CC2=NC1=CC1=NC(=CC3=NC(=CC4=NC(=C2)C=C4)C=C3)C=C1. The highest BCUT2D eigenvalue weighted by Crippen LogP contribution is 2.34. The van der Waals surface area contributed by atoms with Gasteiger partial charge < -0.3 is 0 Å². The lowest BCUT2D eigenvalue weighted by molar-refractivity contribution is 1.32. The molecule has 4 heteroatoms. The van der Waals surface area contributed by atoms with E-state index in [1.165, 1.54) is 16.7 Å². The van der Waals surface area contributed by atoms with E-state index in [0.717, 1.165) is 51.2 Å². The molecular weight excluding hydrogens is 392 g/mol. The van der Waals surface area contributed by atoms with Crippen LogP contribution in [0.1, 0.15) is 16.7 Å². The van der Waals surface area contributed by atoms with Gasteiger partial charge in [-0.15, -0.1) is 0 Å². The molecule has 0 aliphatic carbocycles. The minimum absolute atomic E-state index is 0.882. The average Bonchev–Trinajstić information content (AvgIpc) is 3.54. The summed E-state index contributed by atoms with van der Waals surface area (Å²) in [4.78, 5) is 19.1. The zero-order valence-corrected chi connectivity index (χ0v) is 17.9. The molecule has 0 aromatic heterocycles. The van der Waals surface area contributed by atoms with Gasteiger partial charge in [0.05, 0.1) is 45.6 Å². The smallest absolute Gasteiger partial charge is 0.0737 e. The van der Waals surface area contributed by atoms with Crippen molar-refractivity contribution in [2.24, 2.45) is 20.0 Å². The summed E-state index contributed by atoms with van der Waals surface area (Å²) < 4.78 is 0. The second-order valence-electron chi connectivity index (χ2n) is 8.21. The molecule has 5 heterocycles. The molecule has 0 N–H and O–H groups in total. The Balaban J connectivity index is 1.53. The number of fused-ring (bicyclic) bond motifs is 4. The van der Waals surface area contributed by atoms with Crippen molar-refractivity contribution < 1.29 is 0 Å². The molecule has 5 aliphatic heterocycles. The average molecular weight is 412 g/mol. The van der Waals surface area contributed by atoms with Crippen molar-refractivity contribution in [3.63, 3.8) is 0 Å². The van der Waals surface area contributed by atoms with E-state index in [-0.39, 0.29) is 0 Å². The van der Waals surface area contributed by atoms with Crippen LogP contribution in [-0.4, -0.2) is 22.8 Å². The molecule has 0 saturated carbocycles. The number of aliphatic imine (C=N–C) groups is 4. The molecule has 5 aliphatic rings. The van der Waals surface area contributed by atoms with Crippen LogP contribution in [0.15, 0.2) is 128 Å². The molecular formula is C28H20N4. The van der Waals surface area contributed by atoms with Crippen molar-refractivity contribution in [1.82, 2.24) is 0 Å². The fraction of sp³-hybridized carbons (Fsp3) is 0.0714. The monoisotopic (exact) mass is 412 g/mol. The third kappa shape index (κ3) is 3.36. The van der Waals surface area contributed by atoms with Crippen molar-refractivity contribution >= 4 is 28.4 Å². The van der Waals surface area contributed by atoms with Crippen LogP contribution in [0.5, 0.6) is 0 Å². The largest absolute Gasteiger partial charge is 0.249 e. The van der Waals surface area contributed by atoms with Crippen LogP contribution in [0.2, 0.25) is 0 Å². The lowest BCUT2D eigenvalue weighted by atomic mass is 9.93. The van der Waals surface area contributed by atoms with E-state index in [1.54, 1.807) is 0 Å². The molecule has 0 amide bonds. The van der Waals surface area contributed by atoms with Gasteiger partial charge in [0.1, 0.15) is 0 Å². The first-order chi connectivity index (χ1) is 15.6. The van der Waals surface area contributed by atoms with Crippen molar-refractivity contribution in [1.29, 1.82) is 0 Å². The van der Waals surface area contributed by atoms with Gasteiger partial charge in [0.25, 0.3) is 0 Å². The summed E-state index contributed by atoms with van der Waals surface area (Å²) in [5.41, 5.74) is 11.9. The highest BCUT2D eigenvalue weighted by Gasteiger charge is 2.20. The number of aryl methyl sites for hydroxylation is 2. The van der Waals surface area contributed by atoms with E-state index in [9.17, 15) is 0 Å². The zero-order chi connectivity index (χ0) is 21.7. The van der Waals surface area contributed by atoms with Crippen molar-refractivity contribution in [2.45, 2.75) is 13.8 Å².